The van der Waals surface area contributed by atoms with Gasteiger partial charge >= 0.3 is 0 Å². The van der Waals surface area contributed by atoms with E-state index < -0.39 is 0 Å². The molecule has 0 fully saturated rings. The first-order valence-corrected chi connectivity index (χ1v) is 6.14. The Balaban J connectivity index is 2.79. The van der Waals surface area contributed by atoms with Crippen LogP contribution in [-0.4, -0.2) is 22.1 Å². The molecular formula is C13H24N4. The molecule has 0 unspecified atom stereocenters. The van der Waals surface area contributed by atoms with Gasteiger partial charge in [0.05, 0.1) is 0 Å². The predicted octanol–water partition coefficient (Wildman–Crippen LogP) is 3.06. The van der Waals surface area contributed by atoms with Gasteiger partial charge in [0.2, 0.25) is 5.95 Å². The summed E-state index contributed by atoms with van der Waals surface area (Å²) in [6.45, 7) is 13.5. The van der Waals surface area contributed by atoms with Crippen molar-refractivity contribution < 1.29 is 0 Å². The number of aromatic nitrogens is 2. The Kier molecular flexibility index (Phi) is 4.32. The molecule has 1 aromatic heterocycles. The molecule has 0 saturated carbocycles. The molecule has 0 atom stereocenters. The van der Waals surface area contributed by atoms with Gasteiger partial charge in [0.1, 0.15) is 5.82 Å². The standard InChI is InChI=1S/C13H24N4/c1-9(2)8-14-12-15-10(3)7-11(16-12)17-13(4,5)6/h7,9H,8H2,1-6H3,(H2,14,15,16,17). The summed E-state index contributed by atoms with van der Waals surface area (Å²) < 4.78 is 0. The van der Waals surface area contributed by atoms with Crippen LogP contribution < -0.4 is 10.6 Å². The molecular weight excluding hydrogens is 212 g/mol. The monoisotopic (exact) mass is 236 g/mol. The average molecular weight is 236 g/mol. The summed E-state index contributed by atoms with van der Waals surface area (Å²) in [5.74, 6) is 2.15. The molecule has 17 heavy (non-hydrogen) atoms. The highest BCUT2D eigenvalue weighted by molar-refractivity contribution is 5.43. The lowest BCUT2D eigenvalue weighted by molar-refractivity contribution is 0.629. The minimum Gasteiger partial charge on any atom is -0.365 e. The lowest BCUT2D eigenvalue weighted by atomic mass is 10.1. The summed E-state index contributed by atoms with van der Waals surface area (Å²) in [6, 6.07) is 1.96. The van der Waals surface area contributed by atoms with E-state index in [0.717, 1.165) is 18.1 Å². The van der Waals surface area contributed by atoms with Crippen molar-refractivity contribution in [2.75, 3.05) is 17.2 Å². The van der Waals surface area contributed by atoms with E-state index in [-0.39, 0.29) is 5.54 Å². The maximum absolute atomic E-state index is 4.46. The third-order valence-corrected chi connectivity index (χ3v) is 2.03. The molecule has 0 spiro atoms. The maximum atomic E-state index is 4.46. The van der Waals surface area contributed by atoms with E-state index >= 15 is 0 Å². The van der Waals surface area contributed by atoms with Gasteiger partial charge in [-0.25, -0.2) is 4.98 Å². The fraction of sp³-hybridized carbons (Fsp3) is 0.692. The van der Waals surface area contributed by atoms with E-state index in [0.29, 0.717) is 11.9 Å². The second-order valence-electron chi connectivity index (χ2n) is 5.87. The first-order chi connectivity index (χ1) is 7.76. The van der Waals surface area contributed by atoms with Crippen molar-refractivity contribution in [1.82, 2.24) is 9.97 Å². The topological polar surface area (TPSA) is 49.8 Å². The molecule has 1 aromatic rings. The Labute approximate surface area is 104 Å². The zero-order chi connectivity index (χ0) is 13.1. The van der Waals surface area contributed by atoms with Gasteiger partial charge in [0.25, 0.3) is 0 Å². The number of anilines is 2. The van der Waals surface area contributed by atoms with Gasteiger partial charge in [-0.1, -0.05) is 13.8 Å². The van der Waals surface area contributed by atoms with Gasteiger partial charge in [0.15, 0.2) is 0 Å². The van der Waals surface area contributed by atoms with E-state index in [4.69, 9.17) is 0 Å². The summed E-state index contributed by atoms with van der Waals surface area (Å²) in [4.78, 5) is 8.83. The Morgan fingerprint density at radius 1 is 1.24 bits per heavy atom. The second-order valence-corrected chi connectivity index (χ2v) is 5.87. The summed E-state index contributed by atoms with van der Waals surface area (Å²) in [7, 11) is 0. The van der Waals surface area contributed by atoms with Crippen molar-refractivity contribution in [2.45, 2.75) is 47.1 Å². The average Bonchev–Trinajstić information content (AvgIpc) is 2.10. The van der Waals surface area contributed by atoms with Crippen LogP contribution in [0, 0.1) is 12.8 Å². The Morgan fingerprint density at radius 2 is 1.88 bits per heavy atom. The normalized spacial score (nSPS) is 11.7. The molecule has 0 saturated heterocycles. The van der Waals surface area contributed by atoms with Gasteiger partial charge in [-0.05, 0) is 33.6 Å². The van der Waals surface area contributed by atoms with E-state index in [1.54, 1.807) is 0 Å². The predicted molar refractivity (Wildman–Crippen MR) is 73.5 cm³/mol. The number of hydrogen-bond donors (Lipinski definition) is 2. The molecule has 0 aliphatic rings. The Bertz CT molecular complexity index is 366. The number of aryl methyl sites for hydroxylation is 1. The minimum atomic E-state index is 0.0100. The molecule has 0 amide bonds. The van der Waals surface area contributed by atoms with Crippen LogP contribution in [0.5, 0.6) is 0 Å². The molecule has 0 aliphatic heterocycles. The van der Waals surface area contributed by atoms with Crippen molar-refractivity contribution in [2.24, 2.45) is 5.92 Å². The fourth-order valence-electron chi connectivity index (χ4n) is 1.39. The van der Waals surface area contributed by atoms with Crippen molar-refractivity contribution in [3.05, 3.63) is 11.8 Å². The molecule has 0 radical (unpaired) electrons. The molecule has 2 N–H and O–H groups in total. The second kappa shape index (κ2) is 5.34. The highest BCUT2D eigenvalue weighted by Gasteiger charge is 2.11. The molecule has 1 rings (SSSR count). The van der Waals surface area contributed by atoms with Gasteiger partial charge < -0.3 is 10.6 Å². The maximum Gasteiger partial charge on any atom is 0.224 e. The summed E-state index contributed by atoms with van der Waals surface area (Å²) in [5.41, 5.74) is 0.980. The van der Waals surface area contributed by atoms with Crippen LogP contribution in [0.2, 0.25) is 0 Å². The van der Waals surface area contributed by atoms with E-state index in [9.17, 15) is 0 Å². The van der Waals surface area contributed by atoms with Gasteiger partial charge in [-0.2, -0.15) is 4.98 Å². The molecule has 0 bridgehead atoms. The SMILES string of the molecule is Cc1cc(NC(C)(C)C)nc(NCC(C)C)n1. The number of nitrogens with zero attached hydrogens (tertiary/aromatic N) is 2. The highest BCUT2D eigenvalue weighted by Crippen LogP contribution is 2.15. The minimum absolute atomic E-state index is 0.0100. The molecule has 1 heterocycles. The van der Waals surface area contributed by atoms with Crippen LogP contribution in [0.25, 0.3) is 0 Å². The molecule has 4 nitrogen and oxygen atoms in total. The van der Waals surface area contributed by atoms with Crippen LogP contribution in [0.1, 0.15) is 40.3 Å². The quantitative estimate of drug-likeness (QED) is 0.843. The highest BCUT2D eigenvalue weighted by atomic mass is 15.2. The first-order valence-electron chi connectivity index (χ1n) is 6.14. The third-order valence-electron chi connectivity index (χ3n) is 2.03. The zero-order valence-electron chi connectivity index (χ0n) is 11.8. The molecule has 4 heteroatoms. The number of rotatable bonds is 4. The van der Waals surface area contributed by atoms with E-state index in [2.05, 4.69) is 55.2 Å². The van der Waals surface area contributed by atoms with E-state index in [1.165, 1.54) is 0 Å². The van der Waals surface area contributed by atoms with Crippen LogP contribution in [-0.2, 0) is 0 Å². The summed E-state index contributed by atoms with van der Waals surface area (Å²) in [6.07, 6.45) is 0. The Hall–Kier alpha value is -1.32. The fourth-order valence-corrected chi connectivity index (χ4v) is 1.39. The van der Waals surface area contributed by atoms with Crippen molar-refractivity contribution in [3.63, 3.8) is 0 Å². The molecule has 0 aliphatic carbocycles. The van der Waals surface area contributed by atoms with Crippen LogP contribution >= 0.6 is 0 Å². The van der Waals surface area contributed by atoms with Crippen LogP contribution in [0.15, 0.2) is 6.07 Å². The van der Waals surface area contributed by atoms with Gasteiger partial charge in [0, 0.05) is 23.8 Å². The zero-order valence-corrected chi connectivity index (χ0v) is 11.8. The van der Waals surface area contributed by atoms with Crippen molar-refractivity contribution in [3.8, 4) is 0 Å². The number of nitrogens with one attached hydrogen (secondary N) is 2. The van der Waals surface area contributed by atoms with Gasteiger partial charge in [-0.15, -0.1) is 0 Å². The first kappa shape index (κ1) is 13.7. The number of hydrogen-bond acceptors (Lipinski definition) is 4. The molecule has 0 aromatic carbocycles. The Morgan fingerprint density at radius 3 is 2.41 bits per heavy atom. The van der Waals surface area contributed by atoms with Gasteiger partial charge in [-0.3, -0.25) is 0 Å². The third kappa shape index (κ3) is 5.52. The summed E-state index contributed by atoms with van der Waals surface area (Å²) in [5, 5.41) is 6.61. The smallest absolute Gasteiger partial charge is 0.224 e. The molecule has 96 valence electrons. The lowest BCUT2D eigenvalue weighted by Crippen LogP contribution is -2.27. The lowest BCUT2D eigenvalue weighted by Gasteiger charge is -2.22. The largest absolute Gasteiger partial charge is 0.365 e. The van der Waals surface area contributed by atoms with E-state index in [1.807, 2.05) is 13.0 Å². The van der Waals surface area contributed by atoms with Crippen molar-refractivity contribution >= 4 is 11.8 Å². The van der Waals surface area contributed by atoms with Crippen LogP contribution in [0.3, 0.4) is 0 Å². The van der Waals surface area contributed by atoms with Crippen molar-refractivity contribution in [1.29, 1.82) is 0 Å². The van der Waals surface area contributed by atoms with Crippen LogP contribution in [0.4, 0.5) is 11.8 Å². The summed E-state index contributed by atoms with van der Waals surface area (Å²) >= 11 is 0.